The highest BCUT2D eigenvalue weighted by atomic mass is 35.5. The van der Waals surface area contributed by atoms with Crippen molar-refractivity contribution >= 4 is 29.2 Å². The molecule has 1 unspecified atom stereocenters. The summed E-state index contributed by atoms with van der Waals surface area (Å²) >= 11 is 6.46. The summed E-state index contributed by atoms with van der Waals surface area (Å²) in [6, 6.07) is 13.0. The van der Waals surface area contributed by atoms with Crippen LogP contribution in [0.5, 0.6) is 5.75 Å². The van der Waals surface area contributed by atoms with Crippen LogP contribution in [0.15, 0.2) is 65.6 Å². The number of nitrogens with one attached hydrogen (secondary N) is 1. The van der Waals surface area contributed by atoms with E-state index in [9.17, 15) is 9.18 Å². The van der Waals surface area contributed by atoms with E-state index in [-0.39, 0.29) is 24.6 Å². The lowest BCUT2D eigenvalue weighted by molar-refractivity contribution is 0.0219. The number of halogens is 2. The van der Waals surface area contributed by atoms with Crippen molar-refractivity contribution in [1.82, 2.24) is 20.0 Å². The predicted molar refractivity (Wildman–Crippen MR) is 148 cm³/mol. The normalized spacial score (nSPS) is 15.2. The molecule has 1 atom stereocenters. The van der Waals surface area contributed by atoms with Gasteiger partial charge in [-0.25, -0.2) is 19.2 Å². The minimum Gasteiger partial charge on any atom is -0.487 e. The third-order valence-electron chi connectivity index (χ3n) is 6.21. The largest absolute Gasteiger partial charge is 0.487 e. The molecule has 11 heteroatoms. The first-order chi connectivity index (χ1) is 19.2. The first kappa shape index (κ1) is 27.4. The highest BCUT2D eigenvalue weighted by Crippen LogP contribution is 2.37. The Morgan fingerprint density at radius 1 is 1.23 bits per heavy atom. The number of rotatable bonds is 7. The van der Waals surface area contributed by atoms with E-state index in [2.05, 4.69) is 20.4 Å². The molecular weight excluding hydrogens is 537 g/mol. The van der Waals surface area contributed by atoms with Crippen molar-refractivity contribution < 1.29 is 23.2 Å². The van der Waals surface area contributed by atoms with Gasteiger partial charge in [0.1, 0.15) is 41.6 Å². The van der Waals surface area contributed by atoms with Crippen molar-refractivity contribution in [3.8, 4) is 17.1 Å². The lowest BCUT2D eigenvalue weighted by atomic mass is 10.1. The maximum Gasteiger partial charge on any atom is 0.410 e. The van der Waals surface area contributed by atoms with E-state index in [0.717, 1.165) is 12.8 Å². The molecule has 3 heterocycles. The van der Waals surface area contributed by atoms with Gasteiger partial charge in [0.25, 0.3) is 0 Å². The molecule has 1 aliphatic heterocycles. The summed E-state index contributed by atoms with van der Waals surface area (Å²) in [5, 5.41) is 7.88. The van der Waals surface area contributed by atoms with Crippen molar-refractivity contribution in [2.45, 2.75) is 51.9 Å². The van der Waals surface area contributed by atoms with Crippen LogP contribution in [0.2, 0.25) is 5.02 Å². The Balaban J connectivity index is 1.30. The van der Waals surface area contributed by atoms with Crippen LogP contribution < -0.4 is 10.1 Å². The molecule has 208 valence electrons. The van der Waals surface area contributed by atoms with Gasteiger partial charge in [-0.15, -0.1) is 0 Å². The number of anilines is 2. The van der Waals surface area contributed by atoms with Crippen LogP contribution in [0.25, 0.3) is 11.3 Å². The van der Waals surface area contributed by atoms with Crippen molar-refractivity contribution in [2.75, 3.05) is 11.9 Å². The smallest absolute Gasteiger partial charge is 0.410 e. The van der Waals surface area contributed by atoms with Crippen LogP contribution in [-0.2, 0) is 11.3 Å². The second kappa shape index (κ2) is 11.5. The molecule has 9 nitrogen and oxygen atoms in total. The van der Waals surface area contributed by atoms with Gasteiger partial charge in [0.05, 0.1) is 16.6 Å². The molecule has 0 saturated carbocycles. The summed E-state index contributed by atoms with van der Waals surface area (Å²) in [5.41, 5.74) is 1.99. The lowest BCUT2D eigenvalue weighted by Gasteiger charge is -2.27. The van der Waals surface area contributed by atoms with Gasteiger partial charge < -0.3 is 19.3 Å². The summed E-state index contributed by atoms with van der Waals surface area (Å²) in [4.78, 5) is 22.9. The number of nitrogens with zero attached hydrogens (tertiary/aromatic N) is 4. The van der Waals surface area contributed by atoms with E-state index in [1.54, 1.807) is 47.5 Å². The SMILES string of the molecule is CC(C)(C)OC(=O)N1CCCC1c1cc(-c2cncnc2Nc2ccc(OCc3cccc(F)c3)c(Cl)c2)on1. The zero-order valence-electron chi connectivity index (χ0n) is 22.4. The molecule has 2 aromatic heterocycles. The minimum absolute atomic E-state index is 0.181. The third-order valence-corrected chi connectivity index (χ3v) is 6.50. The zero-order chi connectivity index (χ0) is 28.3. The topological polar surface area (TPSA) is 103 Å². The fraction of sp³-hybridized carbons (Fsp3) is 0.310. The number of benzene rings is 2. The van der Waals surface area contributed by atoms with Gasteiger partial charge in [-0.3, -0.25) is 4.90 Å². The number of hydrogen-bond donors (Lipinski definition) is 1. The number of carbonyl (C=O) groups excluding carboxylic acids is 1. The van der Waals surface area contributed by atoms with Gasteiger partial charge in [0, 0.05) is 24.5 Å². The van der Waals surface area contributed by atoms with Crippen LogP contribution in [-0.4, -0.2) is 38.3 Å². The van der Waals surface area contributed by atoms with Crippen LogP contribution in [0, 0.1) is 5.82 Å². The van der Waals surface area contributed by atoms with Gasteiger partial charge in [0.15, 0.2) is 5.76 Å². The third kappa shape index (κ3) is 6.51. The molecular formula is C29H29ClFN5O4. The molecule has 40 heavy (non-hydrogen) atoms. The minimum atomic E-state index is -0.588. The Labute approximate surface area is 236 Å². The first-order valence-electron chi connectivity index (χ1n) is 12.9. The Morgan fingerprint density at radius 3 is 2.85 bits per heavy atom. The van der Waals surface area contributed by atoms with Gasteiger partial charge in [-0.05, 0) is 69.5 Å². The maximum atomic E-state index is 13.4. The number of ether oxygens (including phenoxy) is 2. The molecule has 1 fully saturated rings. The summed E-state index contributed by atoms with van der Waals surface area (Å²) in [6.45, 7) is 6.30. The van der Waals surface area contributed by atoms with Crippen LogP contribution in [0.4, 0.5) is 20.7 Å². The maximum absolute atomic E-state index is 13.4. The predicted octanol–water partition coefficient (Wildman–Crippen LogP) is 7.32. The standard InChI is InChI=1S/C29H29ClFN5O4/c1-29(2,3)39-28(37)36-11-5-8-24(36)23-14-26(40-35-23)21-15-32-17-33-27(21)34-20-9-10-25(22(30)13-20)38-16-18-6-4-7-19(31)12-18/h4,6-7,9-10,12-15,17,24H,5,8,11,16H2,1-3H3,(H,32,33,34). The van der Waals surface area contributed by atoms with Gasteiger partial charge in [0.2, 0.25) is 0 Å². The second-order valence-electron chi connectivity index (χ2n) is 10.4. The van der Waals surface area contributed by atoms with Crippen molar-refractivity contribution in [2.24, 2.45) is 0 Å². The molecule has 1 amide bonds. The number of amides is 1. The van der Waals surface area contributed by atoms with E-state index in [4.69, 9.17) is 25.6 Å². The zero-order valence-corrected chi connectivity index (χ0v) is 23.1. The van der Waals surface area contributed by atoms with Gasteiger partial charge in [-0.1, -0.05) is 28.9 Å². The second-order valence-corrected chi connectivity index (χ2v) is 10.8. The van der Waals surface area contributed by atoms with Gasteiger partial charge >= 0.3 is 6.09 Å². The van der Waals surface area contributed by atoms with E-state index >= 15 is 0 Å². The average Bonchev–Trinajstić information content (AvgIpc) is 3.58. The molecule has 4 aromatic rings. The number of likely N-dealkylation sites (tertiary alicyclic amines) is 1. The van der Waals surface area contributed by atoms with Crippen molar-refractivity contribution in [1.29, 1.82) is 0 Å². The van der Waals surface area contributed by atoms with E-state index in [1.165, 1.54) is 18.5 Å². The molecule has 0 aliphatic carbocycles. The molecule has 2 aromatic carbocycles. The Hall–Kier alpha value is -4.18. The quantitative estimate of drug-likeness (QED) is 0.249. The Morgan fingerprint density at radius 2 is 2.08 bits per heavy atom. The molecule has 5 rings (SSSR count). The Kier molecular flexibility index (Phi) is 7.88. The monoisotopic (exact) mass is 565 g/mol. The fourth-order valence-electron chi connectivity index (χ4n) is 4.42. The highest BCUT2D eigenvalue weighted by Gasteiger charge is 2.35. The highest BCUT2D eigenvalue weighted by molar-refractivity contribution is 6.32. The average molecular weight is 566 g/mol. The molecule has 1 saturated heterocycles. The van der Waals surface area contributed by atoms with Crippen molar-refractivity contribution in [3.05, 3.63) is 83.2 Å². The molecule has 1 aliphatic rings. The van der Waals surface area contributed by atoms with E-state index in [0.29, 0.717) is 51.4 Å². The number of hydrogen-bond acceptors (Lipinski definition) is 8. The lowest BCUT2D eigenvalue weighted by Crippen LogP contribution is -2.36. The summed E-state index contributed by atoms with van der Waals surface area (Å²) in [7, 11) is 0. The molecule has 0 bridgehead atoms. The van der Waals surface area contributed by atoms with Crippen molar-refractivity contribution in [3.63, 3.8) is 0 Å². The van der Waals surface area contributed by atoms with Crippen LogP contribution in [0.3, 0.4) is 0 Å². The summed E-state index contributed by atoms with van der Waals surface area (Å²) in [6.07, 6.45) is 4.27. The fourth-order valence-corrected chi connectivity index (χ4v) is 4.65. The summed E-state index contributed by atoms with van der Waals surface area (Å²) < 4.78 is 30.5. The first-order valence-corrected chi connectivity index (χ1v) is 13.2. The van der Waals surface area contributed by atoms with E-state index in [1.807, 2.05) is 20.8 Å². The number of aromatic nitrogens is 3. The number of carbonyl (C=O) groups is 1. The van der Waals surface area contributed by atoms with Crippen LogP contribution in [0.1, 0.15) is 50.9 Å². The Bertz CT molecular complexity index is 1510. The molecule has 0 spiro atoms. The molecule has 0 radical (unpaired) electrons. The summed E-state index contributed by atoms with van der Waals surface area (Å²) in [5.74, 6) is 1.08. The van der Waals surface area contributed by atoms with E-state index < -0.39 is 5.60 Å². The van der Waals surface area contributed by atoms with Gasteiger partial charge in [-0.2, -0.15) is 0 Å². The molecule has 1 N–H and O–H groups in total. The van der Waals surface area contributed by atoms with Crippen LogP contribution >= 0.6 is 11.6 Å².